The number of imide groups is 1. The molecule has 3 amide bonds. The Balaban J connectivity index is 1.23. The molecule has 0 spiro atoms. The number of aryl methyl sites for hydroxylation is 1. The van der Waals surface area contributed by atoms with E-state index >= 15 is 0 Å². The number of rotatable bonds is 3. The Labute approximate surface area is 177 Å². The minimum atomic E-state index is -0.396. The van der Waals surface area contributed by atoms with Crippen molar-refractivity contribution >= 4 is 44.4 Å². The number of anilines is 1. The largest absolute Gasteiger partial charge is 0.345 e. The van der Waals surface area contributed by atoms with Gasteiger partial charge in [0.2, 0.25) is 5.91 Å². The molecule has 7 nitrogen and oxygen atoms in total. The molecule has 1 saturated heterocycles. The predicted octanol–water partition coefficient (Wildman–Crippen LogP) is 2.55. The first-order valence-electron chi connectivity index (χ1n) is 9.87. The summed E-state index contributed by atoms with van der Waals surface area (Å²) >= 11 is 1.66. The van der Waals surface area contributed by atoms with Gasteiger partial charge in [0.15, 0.2) is 5.13 Å². The van der Waals surface area contributed by atoms with Crippen molar-refractivity contribution in [1.29, 1.82) is 0 Å². The number of hydrogen-bond acceptors (Lipinski definition) is 6. The van der Waals surface area contributed by atoms with E-state index in [4.69, 9.17) is 4.98 Å². The van der Waals surface area contributed by atoms with Crippen molar-refractivity contribution in [2.45, 2.75) is 6.92 Å². The average molecular weight is 420 g/mol. The zero-order valence-corrected chi connectivity index (χ0v) is 17.3. The monoisotopic (exact) mass is 420 g/mol. The van der Waals surface area contributed by atoms with Crippen molar-refractivity contribution in [2.75, 3.05) is 37.6 Å². The standard InChI is InChI=1S/C22H20N4O3S/c1-14-5-4-8-17-19(14)23-22(30-17)25-11-9-24(10-12-25)18(27)13-26-20(28)15-6-2-3-7-16(15)21(26)29/h2-8H,9-13H2,1H3. The molecule has 8 heteroatoms. The molecule has 0 bridgehead atoms. The Morgan fingerprint density at radius 2 is 1.63 bits per heavy atom. The number of amides is 3. The van der Waals surface area contributed by atoms with Gasteiger partial charge in [-0.25, -0.2) is 4.98 Å². The fourth-order valence-corrected chi connectivity index (χ4v) is 5.07. The van der Waals surface area contributed by atoms with Gasteiger partial charge in [0.05, 0.1) is 21.3 Å². The van der Waals surface area contributed by atoms with Crippen molar-refractivity contribution in [3.8, 4) is 0 Å². The van der Waals surface area contributed by atoms with E-state index in [2.05, 4.69) is 24.0 Å². The van der Waals surface area contributed by atoms with Gasteiger partial charge in [0.25, 0.3) is 11.8 Å². The third-order valence-electron chi connectivity index (χ3n) is 5.68. The van der Waals surface area contributed by atoms with Crippen LogP contribution in [0, 0.1) is 6.92 Å². The summed E-state index contributed by atoms with van der Waals surface area (Å²) < 4.78 is 1.16. The number of nitrogens with zero attached hydrogens (tertiary/aromatic N) is 4. The molecule has 3 heterocycles. The summed E-state index contributed by atoms with van der Waals surface area (Å²) in [4.78, 5) is 47.5. The minimum absolute atomic E-state index is 0.204. The van der Waals surface area contributed by atoms with Gasteiger partial charge in [-0.15, -0.1) is 0 Å². The first-order valence-corrected chi connectivity index (χ1v) is 10.7. The summed E-state index contributed by atoms with van der Waals surface area (Å²) in [7, 11) is 0. The number of carbonyl (C=O) groups is 3. The van der Waals surface area contributed by atoms with Crippen LogP contribution in [-0.4, -0.2) is 65.2 Å². The highest BCUT2D eigenvalue weighted by molar-refractivity contribution is 7.22. The Kier molecular flexibility index (Phi) is 4.51. The summed E-state index contributed by atoms with van der Waals surface area (Å²) in [6.45, 7) is 4.27. The van der Waals surface area contributed by atoms with E-state index in [-0.39, 0.29) is 12.5 Å². The maximum Gasteiger partial charge on any atom is 0.262 e. The molecule has 0 aliphatic carbocycles. The van der Waals surface area contributed by atoms with Crippen molar-refractivity contribution in [3.05, 3.63) is 59.2 Å². The van der Waals surface area contributed by atoms with Crippen LogP contribution in [0.5, 0.6) is 0 Å². The fourth-order valence-electron chi connectivity index (χ4n) is 3.97. The molecule has 1 fully saturated rings. The number of fused-ring (bicyclic) bond motifs is 2. The number of benzene rings is 2. The SMILES string of the molecule is Cc1cccc2sc(N3CCN(C(=O)CN4C(=O)c5ccccc5C4=O)CC3)nc12. The summed E-state index contributed by atoms with van der Waals surface area (Å²) in [5, 5.41) is 0.965. The number of carbonyl (C=O) groups excluding carboxylic acids is 3. The Morgan fingerprint density at radius 3 is 2.27 bits per heavy atom. The topological polar surface area (TPSA) is 73.8 Å². The van der Waals surface area contributed by atoms with Gasteiger partial charge in [-0.05, 0) is 30.7 Å². The molecule has 2 aromatic carbocycles. The lowest BCUT2D eigenvalue weighted by atomic mass is 10.1. The summed E-state index contributed by atoms with van der Waals surface area (Å²) in [5.41, 5.74) is 2.92. The summed E-state index contributed by atoms with van der Waals surface area (Å²) in [5.74, 6) is -0.996. The molecule has 0 saturated carbocycles. The lowest BCUT2D eigenvalue weighted by Gasteiger charge is -2.35. The molecule has 0 atom stereocenters. The number of para-hydroxylation sites is 1. The molecule has 0 N–H and O–H groups in total. The van der Waals surface area contributed by atoms with Crippen LogP contribution < -0.4 is 4.90 Å². The van der Waals surface area contributed by atoms with Gasteiger partial charge < -0.3 is 9.80 Å². The van der Waals surface area contributed by atoms with E-state index in [9.17, 15) is 14.4 Å². The lowest BCUT2D eigenvalue weighted by Crippen LogP contribution is -2.51. The zero-order chi connectivity index (χ0) is 20.8. The van der Waals surface area contributed by atoms with Gasteiger partial charge in [0.1, 0.15) is 6.54 Å². The Hall–Kier alpha value is -3.26. The van der Waals surface area contributed by atoms with E-state index in [1.165, 1.54) is 0 Å². The second-order valence-electron chi connectivity index (χ2n) is 7.53. The van der Waals surface area contributed by atoms with Crippen LogP contribution in [0.25, 0.3) is 10.2 Å². The van der Waals surface area contributed by atoms with E-state index in [1.807, 2.05) is 6.07 Å². The van der Waals surface area contributed by atoms with Crippen molar-refractivity contribution in [1.82, 2.24) is 14.8 Å². The molecule has 2 aliphatic heterocycles. The third-order valence-corrected chi connectivity index (χ3v) is 6.77. The molecule has 30 heavy (non-hydrogen) atoms. The van der Waals surface area contributed by atoms with Gasteiger partial charge in [0, 0.05) is 26.2 Å². The number of thiazole rings is 1. The van der Waals surface area contributed by atoms with Crippen molar-refractivity contribution < 1.29 is 14.4 Å². The maximum absolute atomic E-state index is 12.8. The molecular weight excluding hydrogens is 400 g/mol. The van der Waals surface area contributed by atoms with Crippen LogP contribution in [0.15, 0.2) is 42.5 Å². The van der Waals surface area contributed by atoms with Crippen LogP contribution in [0.2, 0.25) is 0 Å². The molecule has 0 unspecified atom stereocenters. The Morgan fingerprint density at radius 1 is 0.967 bits per heavy atom. The van der Waals surface area contributed by atoms with Crippen molar-refractivity contribution in [3.63, 3.8) is 0 Å². The summed E-state index contributed by atoms with van der Waals surface area (Å²) in [6, 6.07) is 12.9. The number of aromatic nitrogens is 1. The average Bonchev–Trinajstić information content (AvgIpc) is 3.31. The summed E-state index contributed by atoms with van der Waals surface area (Å²) in [6.07, 6.45) is 0. The van der Waals surface area contributed by atoms with Crippen LogP contribution in [-0.2, 0) is 4.79 Å². The van der Waals surface area contributed by atoms with E-state index in [0.717, 1.165) is 25.8 Å². The molecule has 3 aromatic rings. The van der Waals surface area contributed by atoms with Crippen LogP contribution >= 0.6 is 11.3 Å². The van der Waals surface area contributed by atoms with Crippen molar-refractivity contribution in [2.24, 2.45) is 0 Å². The van der Waals surface area contributed by atoms with Crippen LogP contribution in [0.1, 0.15) is 26.3 Å². The molecule has 0 radical (unpaired) electrons. The van der Waals surface area contributed by atoms with Crippen LogP contribution in [0.4, 0.5) is 5.13 Å². The zero-order valence-electron chi connectivity index (χ0n) is 16.5. The first kappa shape index (κ1) is 18.7. The van der Waals surface area contributed by atoms with E-state index in [1.54, 1.807) is 40.5 Å². The molecule has 152 valence electrons. The molecule has 5 rings (SSSR count). The van der Waals surface area contributed by atoms with E-state index in [0.29, 0.717) is 37.3 Å². The molecule has 2 aliphatic rings. The van der Waals surface area contributed by atoms with E-state index < -0.39 is 11.8 Å². The molecular formula is C22H20N4O3S. The van der Waals surface area contributed by atoms with Crippen LogP contribution in [0.3, 0.4) is 0 Å². The van der Waals surface area contributed by atoms with Gasteiger partial charge >= 0.3 is 0 Å². The molecule has 1 aromatic heterocycles. The fraction of sp³-hybridized carbons (Fsp3) is 0.273. The highest BCUT2D eigenvalue weighted by Gasteiger charge is 2.37. The van der Waals surface area contributed by atoms with Gasteiger partial charge in [-0.2, -0.15) is 0 Å². The van der Waals surface area contributed by atoms with Gasteiger partial charge in [-0.3, -0.25) is 19.3 Å². The second-order valence-corrected chi connectivity index (χ2v) is 8.54. The predicted molar refractivity (Wildman–Crippen MR) is 115 cm³/mol. The normalized spacial score (nSPS) is 16.5. The first-order chi connectivity index (χ1) is 14.5. The maximum atomic E-state index is 12.8. The number of hydrogen-bond donors (Lipinski definition) is 0. The van der Waals surface area contributed by atoms with Gasteiger partial charge in [-0.1, -0.05) is 35.6 Å². The third kappa shape index (κ3) is 3.04. The quantitative estimate of drug-likeness (QED) is 0.609. The smallest absolute Gasteiger partial charge is 0.262 e. The minimum Gasteiger partial charge on any atom is -0.345 e. The highest BCUT2D eigenvalue weighted by atomic mass is 32.1. The highest BCUT2D eigenvalue weighted by Crippen LogP contribution is 2.31. The Bertz CT molecular complexity index is 1150. The lowest BCUT2D eigenvalue weighted by molar-refractivity contribution is -0.131. The second kappa shape index (κ2) is 7.21. The number of piperazine rings is 1.